The highest BCUT2D eigenvalue weighted by molar-refractivity contribution is 5.80. The first kappa shape index (κ1) is 21.9. The topological polar surface area (TPSA) is 56.7 Å². The Labute approximate surface area is 180 Å². The van der Waals surface area contributed by atoms with Crippen LogP contribution in [0.5, 0.6) is 0 Å². The van der Waals surface area contributed by atoms with Gasteiger partial charge in [-0.1, -0.05) is 61.0 Å². The van der Waals surface area contributed by atoms with Gasteiger partial charge in [-0.2, -0.15) is 0 Å². The normalized spacial score (nSPS) is 14.8. The molecule has 0 aliphatic carbocycles. The molecule has 0 fully saturated rings. The molecule has 0 radical (unpaired) electrons. The molecule has 5 nitrogen and oxygen atoms in total. The second-order valence-corrected chi connectivity index (χ2v) is 8.13. The van der Waals surface area contributed by atoms with E-state index in [9.17, 15) is 4.79 Å². The molecule has 1 aliphatic heterocycles. The second-order valence-electron chi connectivity index (χ2n) is 8.13. The van der Waals surface area contributed by atoms with Crippen molar-refractivity contribution in [2.45, 2.75) is 45.6 Å². The average molecular weight is 407 g/mol. The monoisotopic (exact) mass is 406 g/mol. The maximum atomic E-state index is 12.6. The molecule has 160 valence electrons. The lowest BCUT2D eigenvalue weighted by atomic mass is 9.99. The second kappa shape index (κ2) is 10.8. The molecule has 2 aromatic rings. The highest BCUT2D eigenvalue weighted by atomic mass is 16.2. The van der Waals surface area contributed by atoms with Crippen molar-refractivity contribution < 1.29 is 4.79 Å². The van der Waals surface area contributed by atoms with Crippen LogP contribution in [0.4, 0.5) is 0 Å². The number of amides is 1. The van der Waals surface area contributed by atoms with E-state index in [2.05, 4.69) is 78.0 Å². The maximum Gasteiger partial charge on any atom is 0.222 e. The zero-order valence-corrected chi connectivity index (χ0v) is 18.4. The van der Waals surface area contributed by atoms with Gasteiger partial charge in [-0.15, -0.1) is 0 Å². The van der Waals surface area contributed by atoms with Gasteiger partial charge in [-0.05, 0) is 42.4 Å². The summed E-state index contributed by atoms with van der Waals surface area (Å²) in [7, 11) is 1.78. The lowest BCUT2D eigenvalue weighted by Gasteiger charge is -2.29. The van der Waals surface area contributed by atoms with Crippen LogP contribution in [0, 0.1) is 6.92 Å². The number of aliphatic imine (C=N–C) groups is 1. The largest absolute Gasteiger partial charge is 0.356 e. The standard InChI is InChI=1S/C25H34N4O/c1-19-10-12-21(13-11-19)20(2)17-28-25(26-3)27-15-6-9-24(30)29-16-14-22-7-4-5-8-23(22)18-29/h4-5,7-8,10-13,20H,6,9,14-18H2,1-3H3,(H2,26,27,28). The van der Waals surface area contributed by atoms with E-state index < -0.39 is 0 Å². The van der Waals surface area contributed by atoms with E-state index in [0.29, 0.717) is 12.3 Å². The first-order chi connectivity index (χ1) is 14.6. The fourth-order valence-corrected chi connectivity index (χ4v) is 3.80. The van der Waals surface area contributed by atoms with E-state index in [-0.39, 0.29) is 5.91 Å². The molecule has 0 aromatic heterocycles. The van der Waals surface area contributed by atoms with E-state index in [1.807, 2.05) is 4.90 Å². The van der Waals surface area contributed by atoms with E-state index in [4.69, 9.17) is 0 Å². The Morgan fingerprint density at radius 2 is 1.83 bits per heavy atom. The predicted molar refractivity (Wildman–Crippen MR) is 124 cm³/mol. The molecule has 0 saturated carbocycles. The highest BCUT2D eigenvalue weighted by Gasteiger charge is 2.19. The summed E-state index contributed by atoms with van der Waals surface area (Å²) in [6, 6.07) is 17.1. The number of nitrogens with one attached hydrogen (secondary N) is 2. The maximum absolute atomic E-state index is 12.6. The third-order valence-corrected chi connectivity index (χ3v) is 5.79. The van der Waals surface area contributed by atoms with Crippen molar-refractivity contribution in [3.63, 3.8) is 0 Å². The predicted octanol–water partition coefficient (Wildman–Crippen LogP) is 3.63. The number of benzene rings is 2. The van der Waals surface area contributed by atoms with Gasteiger partial charge in [0.1, 0.15) is 0 Å². The van der Waals surface area contributed by atoms with Crippen molar-refractivity contribution in [3.8, 4) is 0 Å². The van der Waals surface area contributed by atoms with Crippen LogP contribution in [0.3, 0.4) is 0 Å². The summed E-state index contributed by atoms with van der Waals surface area (Å²) in [5, 5.41) is 6.72. The van der Waals surface area contributed by atoms with Crippen LogP contribution in [0.25, 0.3) is 0 Å². The van der Waals surface area contributed by atoms with E-state index in [1.165, 1.54) is 22.3 Å². The number of carbonyl (C=O) groups excluding carboxylic acids is 1. The van der Waals surface area contributed by atoms with Gasteiger partial charge in [0.05, 0.1) is 0 Å². The van der Waals surface area contributed by atoms with Crippen molar-refractivity contribution in [2.75, 3.05) is 26.7 Å². The van der Waals surface area contributed by atoms with Gasteiger partial charge in [-0.3, -0.25) is 9.79 Å². The Kier molecular flexibility index (Phi) is 7.89. The van der Waals surface area contributed by atoms with Crippen molar-refractivity contribution in [1.29, 1.82) is 0 Å². The number of guanidine groups is 1. The number of hydrogen-bond acceptors (Lipinski definition) is 2. The summed E-state index contributed by atoms with van der Waals surface area (Å²) in [5.74, 6) is 1.42. The molecule has 0 spiro atoms. The molecule has 1 aliphatic rings. The molecule has 0 saturated heterocycles. The van der Waals surface area contributed by atoms with Crippen molar-refractivity contribution in [1.82, 2.24) is 15.5 Å². The Balaban J connectivity index is 1.35. The van der Waals surface area contributed by atoms with Gasteiger partial charge < -0.3 is 15.5 Å². The highest BCUT2D eigenvalue weighted by Crippen LogP contribution is 2.19. The minimum absolute atomic E-state index is 0.238. The molecule has 5 heteroatoms. The number of fused-ring (bicyclic) bond motifs is 1. The average Bonchev–Trinajstić information content (AvgIpc) is 2.78. The van der Waals surface area contributed by atoms with Crippen molar-refractivity contribution in [3.05, 3.63) is 70.8 Å². The van der Waals surface area contributed by atoms with E-state index >= 15 is 0 Å². The van der Waals surface area contributed by atoms with Gasteiger partial charge in [0.25, 0.3) is 0 Å². The number of carbonyl (C=O) groups is 1. The summed E-state index contributed by atoms with van der Waals surface area (Å²) in [5.41, 5.74) is 5.25. The zero-order valence-electron chi connectivity index (χ0n) is 18.4. The number of hydrogen-bond donors (Lipinski definition) is 2. The van der Waals surface area contributed by atoms with Crippen molar-refractivity contribution in [2.24, 2.45) is 4.99 Å². The Morgan fingerprint density at radius 1 is 1.10 bits per heavy atom. The first-order valence-corrected chi connectivity index (χ1v) is 10.9. The van der Waals surface area contributed by atoms with Crippen LogP contribution in [0.15, 0.2) is 53.5 Å². The third kappa shape index (κ3) is 6.09. The van der Waals surface area contributed by atoms with Gasteiger partial charge in [0, 0.05) is 39.6 Å². The minimum Gasteiger partial charge on any atom is -0.356 e. The number of nitrogens with zero attached hydrogens (tertiary/aromatic N) is 2. The molecule has 1 atom stereocenters. The molecule has 30 heavy (non-hydrogen) atoms. The number of rotatable bonds is 7. The molecule has 1 amide bonds. The summed E-state index contributed by atoms with van der Waals surface area (Å²) < 4.78 is 0. The summed E-state index contributed by atoms with van der Waals surface area (Å²) >= 11 is 0. The van der Waals surface area contributed by atoms with Gasteiger partial charge in [-0.25, -0.2) is 0 Å². The summed E-state index contributed by atoms with van der Waals surface area (Å²) in [4.78, 5) is 18.9. The SMILES string of the molecule is CN=C(NCCCC(=O)N1CCc2ccccc2C1)NCC(C)c1ccc(C)cc1. The van der Waals surface area contributed by atoms with Gasteiger partial charge in [0.15, 0.2) is 5.96 Å². The van der Waals surface area contributed by atoms with Crippen molar-refractivity contribution >= 4 is 11.9 Å². The third-order valence-electron chi connectivity index (χ3n) is 5.79. The van der Waals surface area contributed by atoms with Gasteiger partial charge >= 0.3 is 0 Å². The fourth-order valence-electron chi connectivity index (χ4n) is 3.80. The Hall–Kier alpha value is -2.82. The van der Waals surface area contributed by atoms with Crippen LogP contribution in [-0.2, 0) is 17.8 Å². The molecular formula is C25H34N4O. The summed E-state index contributed by atoms with van der Waals surface area (Å²) in [6.45, 7) is 7.42. The quantitative estimate of drug-likeness (QED) is 0.419. The van der Waals surface area contributed by atoms with Crippen LogP contribution in [0.1, 0.15) is 47.9 Å². The Bertz CT molecular complexity index is 860. The minimum atomic E-state index is 0.238. The lowest BCUT2D eigenvalue weighted by molar-refractivity contribution is -0.132. The lowest BCUT2D eigenvalue weighted by Crippen LogP contribution is -2.40. The molecule has 3 rings (SSSR count). The number of aryl methyl sites for hydroxylation is 1. The zero-order chi connectivity index (χ0) is 21.3. The summed E-state index contributed by atoms with van der Waals surface area (Å²) in [6.07, 6.45) is 2.31. The van der Waals surface area contributed by atoms with Gasteiger partial charge in [0.2, 0.25) is 5.91 Å². The first-order valence-electron chi connectivity index (χ1n) is 10.9. The molecule has 2 aromatic carbocycles. The molecule has 1 unspecified atom stereocenters. The molecule has 0 bridgehead atoms. The van der Waals surface area contributed by atoms with E-state index in [0.717, 1.165) is 45.0 Å². The van der Waals surface area contributed by atoms with Crippen LogP contribution in [-0.4, -0.2) is 43.4 Å². The van der Waals surface area contributed by atoms with Crippen LogP contribution < -0.4 is 10.6 Å². The molecular weight excluding hydrogens is 372 g/mol. The fraction of sp³-hybridized carbons (Fsp3) is 0.440. The van der Waals surface area contributed by atoms with Crippen LogP contribution in [0.2, 0.25) is 0 Å². The van der Waals surface area contributed by atoms with Crippen LogP contribution >= 0.6 is 0 Å². The molecule has 1 heterocycles. The molecule has 2 N–H and O–H groups in total. The smallest absolute Gasteiger partial charge is 0.222 e. The van der Waals surface area contributed by atoms with E-state index in [1.54, 1.807) is 7.05 Å². The Morgan fingerprint density at radius 3 is 2.57 bits per heavy atom.